The Morgan fingerprint density at radius 3 is 2.58 bits per heavy atom. The molecular formula is C21H23N3S2. The second-order valence-electron chi connectivity index (χ2n) is 6.88. The van der Waals surface area contributed by atoms with Gasteiger partial charge in [0.05, 0.1) is 15.2 Å². The van der Waals surface area contributed by atoms with Crippen LogP contribution in [-0.2, 0) is 6.42 Å². The topological polar surface area (TPSA) is 37.0 Å². The third kappa shape index (κ3) is 4.40. The van der Waals surface area contributed by atoms with Gasteiger partial charge >= 0.3 is 0 Å². The fourth-order valence-corrected chi connectivity index (χ4v) is 4.76. The number of anilines is 1. The van der Waals surface area contributed by atoms with E-state index in [-0.39, 0.29) is 0 Å². The Morgan fingerprint density at radius 1 is 1.04 bits per heavy atom. The number of benzene rings is 2. The first-order chi connectivity index (χ1) is 12.8. The maximum Gasteiger partial charge on any atom is 0.170 e. The van der Waals surface area contributed by atoms with Crippen LogP contribution in [-0.4, -0.2) is 16.1 Å². The molecule has 4 rings (SSSR count). The maximum atomic E-state index is 5.46. The molecule has 26 heavy (non-hydrogen) atoms. The SMILES string of the molecule is S=C(Nc1ccc(Cc2nc3ccccc3s2)cc1)NC1CCCCC1. The fraction of sp³-hybridized carbons (Fsp3) is 0.333. The van der Waals surface area contributed by atoms with E-state index in [4.69, 9.17) is 17.2 Å². The summed E-state index contributed by atoms with van der Waals surface area (Å²) >= 11 is 7.23. The van der Waals surface area contributed by atoms with Gasteiger partial charge in [0.25, 0.3) is 0 Å². The lowest BCUT2D eigenvalue weighted by Gasteiger charge is -2.24. The summed E-state index contributed by atoms with van der Waals surface area (Å²) in [5.41, 5.74) is 3.39. The number of thiazole rings is 1. The van der Waals surface area contributed by atoms with Crippen LogP contribution in [0.1, 0.15) is 42.7 Å². The molecule has 0 atom stereocenters. The number of para-hydroxylation sites is 1. The first-order valence-corrected chi connectivity index (χ1v) is 10.5. The molecule has 0 spiro atoms. The van der Waals surface area contributed by atoms with Crippen molar-refractivity contribution in [2.75, 3.05) is 5.32 Å². The lowest BCUT2D eigenvalue weighted by molar-refractivity contribution is 0.415. The molecule has 2 N–H and O–H groups in total. The predicted octanol–water partition coefficient (Wildman–Crippen LogP) is 5.51. The molecule has 0 aliphatic heterocycles. The molecule has 0 bridgehead atoms. The Labute approximate surface area is 163 Å². The number of fused-ring (bicyclic) bond motifs is 1. The molecule has 3 aromatic rings. The molecule has 0 amide bonds. The van der Waals surface area contributed by atoms with Crippen molar-refractivity contribution in [1.29, 1.82) is 0 Å². The lowest BCUT2D eigenvalue weighted by Crippen LogP contribution is -2.38. The summed E-state index contributed by atoms with van der Waals surface area (Å²) in [6.07, 6.45) is 7.28. The van der Waals surface area contributed by atoms with E-state index >= 15 is 0 Å². The lowest BCUT2D eigenvalue weighted by atomic mass is 9.96. The van der Waals surface area contributed by atoms with Crippen molar-refractivity contribution in [3.63, 3.8) is 0 Å². The largest absolute Gasteiger partial charge is 0.360 e. The molecule has 1 saturated carbocycles. The zero-order chi connectivity index (χ0) is 17.8. The van der Waals surface area contributed by atoms with Gasteiger partial charge in [-0.1, -0.05) is 43.5 Å². The van der Waals surface area contributed by atoms with Gasteiger partial charge in [-0.3, -0.25) is 0 Å². The van der Waals surface area contributed by atoms with E-state index in [1.807, 2.05) is 6.07 Å². The average Bonchev–Trinajstić information content (AvgIpc) is 3.06. The molecule has 134 valence electrons. The minimum absolute atomic E-state index is 0.530. The van der Waals surface area contributed by atoms with E-state index in [0.29, 0.717) is 6.04 Å². The summed E-state index contributed by atoms with van der Waals surface area (Å²) < 4.78 is 1.25. The van der Waals surface area contributed by atoms with Gasteiger partial charge in [0.15, 0.2) is 5.11 Å². The second kappa shape index (κ2) is 8.14. The molecule has 5 heteroatoms. The van der Waals surface area contributed by atoms with Crippen LogP contribution in [0.5, 0.6) is 0 Å². The molecule has 0 radical (unpaired) electrons. The summed E-state index contributed by atoms with van der Waals surface area (Å²) in [6, 6.07) is 17.3. The van der Waals surface area contributed by atoms with Crippen molar-refractivity contribution in [3.8, 4) is 0 Å². The molecule has 2 aromatic carbocycles. The zero-order valence-electron chi connectivity index (χ0n) is 14.7. The first-order valence-electron chi connectivity index (χ1n) is 9.27. The van der Waals surface area contributed by atoms with Gasteiger partial charge in [-0.05, 0) is 54.9 Å². The fourth-order valence-electron chi connectivity index (χ4n) is 3.48. The van der Waals surface area contributed by atoms with Crippen LogP contribution in [0, 0.1) is 0 Å². The van der Waals surface area contributed by atoms with Gasteiger partial charge in [0.1, 0.15) is 0 Å². The highest BCUT2D eigenvalue weighted by molar-refractivity contribution is 7.80. The molecule has 1 aliphatic carbocycles. The van der Waals surface area contributed by atoms with E-state index in [1.54, 1.807) is 11.3 Å². The van der Waals surface area contributed by atoms with Gasteiger partial charge in [0.2, 0.25) is 0 Å². The van der Waals surface area contributed by atoms with E-state index in [2.05, 4.69) is 53.1 Å². The van der Waals surface area contributed by atoms with Crippen LogP contribution < -0.4 is 10.6 Å². The van der Waals surface area contributed by atoms with Crippen LogP contribution in [0.4, 0.5) is 5.69 Å². The third-order valence-electron chi connectivity index (χ3n) is 4.85. The predicted molar refractivity (Wildman–Crippen MR) is 115 cm³/mol. The van der Waals surface area contributed by atoms with Gasteiger partial charge in [-0.2, -0.15) is 0 Å². The van der Waals surface area contributed by atoms with Crippen molar-refractivity contribution >= 4 is 44.6 Å². The smallest absolute Gasteiger partial charge is 0.170 e. The highest BCUT2D eigenvalue weighted by Gasteiger charge is 2.14. The van der Waals surface area contributed by atoms with Gasteiger partial charge in [-0.25, -0.2) is 4.98 Å². The van der Waals surface area contributed by atoms with E-state index in [0.717, 1.165) is 27.7 Å². The summed E-state index contributed by atoms with van der Waals surface area (Å²) in [5, 5.41) is 8.64. The standard InChI is InChI=1S/C21H23N3S2/c25-21(22-16-6-2-1-3-7-16)23-17-12-10-15(11-13-17)14-20-24-18-8-4-5-9-19(18)26-20/h4-5,8-13,16H,1-3,6-7,14H2,(H2,22,23,25). The molecule has 0 saturated heterocycles. The van der Waals surface area contributed by atoms with Crippen molar-refractivity contribution in [2.45, 2.75) is 44.6 Å². The Morgan fingerprint density at radius 2 is 1.81 bits per heavy atom. The number of aromatic nitrogens is 1. The Hall–Kier alpha value is -1.98. The summed E-state index contributed by atoms with van der Waals surface area (Å²) in [7, 11) is 0. The number of thiocarbonyl (C=S) groups is 1. The number of nitrogens with zero attached hydrogens (tertiary/aromatic N) is 1. The van der Waals surface area contributed by atoms with Crippen molar-refractivity contribution in [1.82, 2.24) is 10.3 Å². The Kier molecular flexibility index (Phi) is 5.46. The van der Waals surface area contributed by atoms with Crippen LogP contribution in [0.25, 0.3) is 10.2 Å². The number of nitrogens with one attached hydrogen (secondary N) is 2. The van der Waals surface area contributed by atoms with Crippen LogP contribution in [0.15, 0.2) is 48.5 Å². The van der Waals surface area contributed by atoms with E-state index < -0.39 is 0 Å². The van der Waals surface area contributed by atoms with E-state index in [9.17, 15) is 0 Å². The zero-order valence-corrected chi connectivity index (χ0v) is 16.3. The van der Waals surface area contributed by atoms with Crippen molar-refractivity contribution in [3.05, 3.63) is 59.1 Å². The average molecular weight is 382 g/mol. The number of hydrogen-bond acceptors (Lipinski definition) is 3. The molecule has 3 nitrogen and oxygen atoms in total. The monoisotopic (exact) mass is 381 g/mol. The molecule has 1 aliphatic rings. The third-order valence-corrected chi connectivity index (χ3v) is 6.10. The quantitative estimate of drug-likeness (QED) is 0.585. The minimum Gasteiger partial charge on any atom is -0.360 e. The van der Waals surface area contributed by atoms with Crippen molar-refractivity contribution in [2.24, 2.45) is 0 Å². The molecular weight excluding hydrogens is 358 g/mol. The van der Waals surface area contributed by atoms with Gasteiger partial charge in [0, 0.05) is 18.2 Å². The van der Waals surface area contributed by atoms with Crippen molar-refractivity contribution < 1.29 is 0 Å². The second-order valence-corrected chi connectivity index (χ2v) is 8.41. The molecule has 0 unspecified atom stereocenters. The molecule has 1 fully saturated rings. The Balaban J connectivity index is 1.34. The van der Waals surface area contributed by atoms with Crippen LogP contribution in [0.3, 0.4) is 0 Å². The van der Waals surface area contributed by atoms with Crippen LogP contribution in [0.2, 0.25) is 0 Å². The Bertz CT molecular complexity index is 847. The van der Waals surface area contributed by atoms with E-state index in [1.165, 1.54) is 42.4 Å². The van der Waals surface area contributed by atoms with Crippen LogP contribution >= 0.6 is 23.6 Å². The minimum atomic E-state index is 0.530. The molecule has 1 aromatic heterocycles. The van der Waals surface area contributed by atoms with Gasteiger partial charge < -0.3 is 10.6 Å². The summed E-state index contributed by atoms with van der Waals surface area (Å²) in [6.45, 7) is 0. The molecule has 1 heterocycles. The maximum absolute atomic E-state index is 5.46. The van der Waals surface area contributed by atoms with Gasteiger partial charge in [-0.15, -0.1) is 11.3 Å². The highest BCUT2D eigenvalue weighted by atomic mass is 32.1. The highest BCUT2D eigenvalue weighted by Crippen LogP contribution is 2.24. The summed E-state index contributed by atoms with van der Waals surface area (Å²) in [5.74, 6) is 0. The first kappa shape index (κ1) is 17.4. The normalized spacial score (nSPS) is 15.1. The number of hydrogen-bond donors (Lipinski definition) is 2. The number of rotatable bonds is 4. The summed E-state index contributed by atoms with van der Waals surface area (Å²) in [4.78, 5) is 4.72.